The number of aryl methyl sites for hydroxylation is 3. The van der Waals surface area contributed by atoms with Gasteiger partial charge in [-0.25, -0.2) is 13.1 Å². The lowest BCUT2D eigenvalue weighted by Gasteiger charge is -2.06. The molecule has 0 aliphatic rings. The van der Waals surface area contributed by atoms with Crippen LogP contribution in [0.1, 0.15) is 23.4 Å². The average molecular weight is 310 g/mol. The van der Waals surface area contributed by atoms with E-state index >= 15 is 0 Å². The van der Waals surface area contributed by atoms with Crippen LogP contribution in [0.15, 0.2) is 33.7 Å². The number of benzene rings is 1. The molecule has 1 heterocycles. The van der Waals surface area contributed by atoms with Gasteiger partial charge in [-0.2, -0.15) is 0 Å². The Hall–Kier alpha value is -1.86. The van der Waals surface area contributed by atoms with Gasteiger partial charge in [-0.15, -0.1) is 0 Å². The van der Waals surface area contributed by atoms with Crippen molar-refractivity contribution in [3.63, 3.8) is 0 Å². The van der Waals surface area contributed by atoms with Crippen LogP contribution in [0, 0.1) is 13.8 Å². The Morgan fingerprint density at radius 2 is 1.90 bits per heavy atom. The largest absolute Gasteiger partial charge is 0.508 e. The van der Waals surface area contributed by atoms with Crippen molar-refractivity contribution < 1.29 is 18.0 Å². The topological polar surface area (TPSA) is 92.4 Å². The van der Waals surface area contributed by atoms with E-state index < -0.39 is 10.0 Å². The second-order valence-electron chi connectivity index (χ2n) is 4.82. The van der Waals surface area contributed by atoms with Gasteiger partial charge in [0.2, 0.25) is 10.0 Å². The lowest BCUT2D eigenvalue weighted by molar-refractivity contribution is 0.390. The molecule has 2 rings (SSSR count). The standard InChI is InChI=1S/C14H18N2O4S/c1-10-14(11(2)20-16-10)21(18,19)15-9-3-4-12-5-7-13(17)8-6-12/h5-8,15,17H,3-4,9H2,1-2H3. The third kappa shape index (κ3) is 3.83. The van der Waals surface area contributed by atoms with Crippen LogP contribution < -0.4 is 4.72 Å². The van der Waals surface area contributed by atoms with Crippen LogP contribution in [0.3, 0.4) is 0 Å². The molecule has 0 fully saturated rings. The summed E-state index contributed by atoms with van der Waals surface area (Å²) in [4.78, 5) is 0.118. The quantitative estimate of drug-likeness (QED) is 0.795. The Morgan fingerprint density at radius 1 is 1.24 bits per heavy atom. The first-order valence-corrected chi connectivity index (χ1v) is 8.09. The SMILES string of the molecule is Cc1noc(C)c1S(=O)(=O)NCCCc1ccc(O)cc1. The van der Waals surface area contributed by atoms with Gasteiger partial charge in [-0.3, -0.25) is 0 Å². The van der Waals surface area contributed by atoms with Crippen molar-refractivity contribution in [1.82, 2.24) is 9.88 Å². The van der Waals surface area contributed by atoms with E-state index in [1.54, 1.807) is 26.0 Å². The minimum atomic E-state index is -3.59. The van der Waals surface area contributed by atoms with E-state index in [1.807, 2.05) is 12.1 Å². The van der Waals surface area contributed by atoms with E-state index in [0.717, 1.165) is 12.0 Å². The number of nitrogens with zero attached hydrogens (tertiary/aromatic N) is 1. The van der Waals surface area contributed by atoms with Gasteiger partial charge in [0.1, 0.15) is 16.3 Å². The Balaban J connectivity index is 1.90. The summed E-state index contributed by atoms with van der Waals surface area (Å²) in [6, 6.07) is 6.86. The van der Waals surface area contributed by atoms with Crippen LogP contribution in [0.2, 0.25) is 0 Å². The van der Waals surface area contributed by atoms with Gasteiger partial charge < -0.3 is 9.63 Å². The molecule has 2 aromatic rings. The number of rotatable bonds is 6. The lowest BCUT2D eigenvalue weighted by atomic mass is 10.1. The molecule has 114 valence electrons. The highest BCUT2D eigenvalue weighted by molar-refractivity contribution is 7.89. The maximum Gasteiger partial charge on any atom is 0.245 e. The molecule has 0 amide bonds. The van der Waals surface area contributed by atoms with Gasteiger partial charge in [-0.05, 0) is 44.4 Å². The zero-order valence-corrected chi connectivity index (χ0v) is 12.8. The van der Waals surface area contributed by atoms with Crippen LogP contribution in [0.25, 0.3) is 0 Å². The third-order valence-corrected chi connectivity index (χ3v) is 4.81. The molecule has 0 aliphatic heterocycles. The Bertz CT molecular complexity index is 686. The van der Waals surface area contributed by atoms with Crippen molar-refractivity contribution in [2.24, 2.45) is 0 Å². The van der Waals surface area contributed by atoms with Gasteiger partial charge in [0.15, 0.2) is 5.76 Å². The van der Waals surface area contributed by atoms with E-state index in [0.29, 0.717) is 24.4 Å². The van der Waals surface area contributed by atoms with Crippen LogP contribution >= 0.6 is 0 Å². The van der Waals surface area contributed by atoms with E-state index in [9.17, 15) is 13.5 Å². The van der Waals surface area contributed by atoms with Crippen molar-refractivity contribution >= 4 is 10.0 Å². The Kier molecular flexibility index (Phi) is 4.64. The van der Waals surface area contributed by atoms with Crippen LogP contribution in [0.5, 0.6) is 5.75 Å². The third-order valence-electron chi connectivity index (χ3n) is 3.11. The van der Waals surface area contributed by atoms with E-state index in [2.05, 4.69) is 9.88 Å². The number of phenols is 1. The molecule has 0 aliphatic carbocycles. The monoisotopic (exact) mass is 310 g/mol. The summed E-state index contributed by atoms with van der Waals surface area (Å²) in [5.41, 5.74) is 1.41. The molecule has 0 spiro atoms. The van der Waals surface area contributed by atoms with Crippen LogP contribution in [-0.4, -0.2) is 25.2 Å². The average Bonchev–Trinajstić information content (AvgIpc) is 2.77. The molecule has 1 aromatic heterocycles. The number of sulfonamides is 1. The van der Waals surface area contributed by atoms with Gasteiger partial charge >= 0.3 is 0 Å². The van der Waals surface area contributed by atoms with Gasteiger partial charge in [-0.1, -0.05) is 17.3 Å². The van der Waals surface area contributed by atoms with E-state index in [1.165, 1.54) is 0 Å². The normalized spacial score (nSPS) is 11.7. The highest BCUT2D eigenvalue weighted by atomic mass is 32.2. The molecule has 2 N–H and O–H groups in total. The Morgan fingerprint density at radius 3 is 2.48 bits per heavy atom. The highest BCUT2D eigenvalue weighted by Gasteiger charge is 2.23. The fourth-order valence-electron chi connectivity index (χ4n) is 2.09. The van der Waals surface area contributed by atoms with Gasteiger partial charge in [0, 0.05) is 6.54 Å². The lowest BCUT2D eigenvalue weighted by Crippen LogP contribution is -2.26. The van der Waals surface area contributed by atoms with E-state index in [-0.39, 0.29) is 10.6 Å². The number of aromatic hydroxyl groups is 1. The summed E-state index contributed by atoms with van der Waals surface area (Å²) in [6.45, 7) is 3.50. The minimum Gasteiger partial charge on any atom is -0.508 e. The molecule has 0 unspecified atom stereocenters. The highest BCUT2D eigenvalue weighted by Crippen LogP contribution is 2.18. The molecule has 0 radical (unpaired) electrons. The first-order chi connectivity index (χ1) is 9.90. The number of phenolic OH excluding ortho intramolecular Hbond substituents is 1. The molecule has 0 bridgehead atoms. The molecule has 7 heteroatoms. The summed E-state index contributed by atoms with van der Waals surface area (Å²) in [6.07, 6.45) is 1.39. The predicted molar refractivity (Wildman–Crippen MR) is 77.6 cm³/mol. The predicted octanol–water partition coefficient (Wildman–Crippen LogP) is 1.91. The summed E-state index contributed by atoms with van der Waals surface area (Å²) in [7, 11) is -3.59. The minimum absolute atomic E-state index is 0.118. The van der Waals surface area contributed by atoms with Crippen molar-refractivity contribution in [2.75, 3.05) is 6.54 Å². The van der Waals surface area contributed by atoms with Crippen molar-refractivity contribution in [2.45, 2.75) is 31.6 Å². The number of aromatic nitrogens is 1. The molecule has 0 saturated heterocycles. The second-order valence-corrected chi connectivity index (χ2v) is 6.52. The summed E-state index contributed by atoms with van der Waals surface area (Å²) in [5.74, 6) is 0.511. The van der Waals surface area contributed by atoms with Crippen molar-refractivity contribution in [3.8, 4) is 5.75 Å². The van der Waals surface area contributed by atoms with Crippen molar-refractivity contribution in [3.05, 3.63) is 41.3 Å². The first kappa shape index (κ1) is 15.5. The fraction of sp³-hybridized carbons (Fsp3) is 0.357. The van der Waals surface area contributed by atoms with Crippen LogP contribution in [0.4, 0.5) is 0 Å². The zero-order valence-electron chi connectivity index (χ0n) is 12.0. The molecule has 0 saturated carbocycles. The summed E-state index contributed by atoms with van der Waals surface area (Å²) in [5, 5.41) is 12.8. The summed E-state index contributed by atoms with van der Waals surface area (Å²) < 4.78 is 31.7. The van der Waals surface area contributed by atoms with Crippen LogP contribution in [-0.2, 0) is 16.4 Å². The molecule has 0 atom stereocenters. The van der Waals surface area contributed by atoms with Gasteiger partial charge in [0.05, 0.1) is 0 Å². The fourth-order valence-corrected chi connectivity index (χ4v) is 3.49. The number of hydrogen-bond acceptors (Lipinski definition) is 5. The number of nitrogens with one attached hydrogen (secondary N) is 1. The van der Waals surface area contributed by atoms with E-state index in [4.69, 9.17) is 4.52 Å². The zero-order chi connectivity index (χ0) is 15.5. The summed E-state index contributed by atoms with van der Waals surface area (Å²) >= 11 is 0. The second kappa shape index (κ2) is 6.28. The maximum atomic E-state index is 12.1. The molecule has 21 heavy (non-hydrogen) atoms. The van der Waals surface area contributed by atoms with Gasteiger partial charge in [0.25, 0.3) is 0 Å². The molecule has 1 aromatic carbocycles. The smallest absolute Gasteiger partial charge is 0.245 e. The maximum absolute atomic E-state index is 12.1. The molecule has 6 nitrogen and oxygen atoms in total. The molecular weight excluding hydrogens is 292 g/mol. The Labute approximate surface area is 123 Å². The first-order valence-electron chi connectivity index (χ1n) is 6.60. The number of hydrogen-bond donors (Lipinski definition) is 2. The van der Waals surface area contributed by atoms with Crippen molar-refractivity contribution in [1.29, 1.82) is 0 Å². The molecular formula is C14H18N2O4S.